The Balaban J connectivity index is 0.000000137. The van der Waals surface area contributed by atoms with Crippen LogP contribution in [0.3, 0.4) is 0 Å². The van der Waals surface area contributed by atoms with Crippen LogP contribution in [0.15, 0.2) is 134 Å². The second-order valence-electron chi connectivity index (χ2n) is 29.8. The molecule has 628 valence electrons. The maximum Gasteiger partial charge on any atom is 0.357 e. The van der Waals surface area contributed by atoms with Gasteiger partial charge in [0.15, 0.2) is 0 Å². The molecule has 7 aliphatic rings. The third kappa shape index (κ3) is 17.5. The molecule has 0 saturated carbocycles. The smallest absolute Gasteiger partial charge is 0.357 e. The number of rotatable bonds is 15. The molecule has 12 heterocycles. The SMILES string of the molecule is CCOC(=O)c1c(N2CCN(C(=O)C3CCC(=O)N3)CC2)c2ccccc2n(C)c1=O.CCOC(=O)c1c(N2CCN(C(=O)C3CCCN3)CC2)c2ccccc2n(C)c1=O.CCOC(=O)c1c(N2CCN(C(=O)C3CCCO3)CC2)c2ccccc2n(C)c1=O.Cn1c(=O)c([N+](=O)[O-])c(N2CCN(C(=O)c3cccs3)CC2)c2ccccc21. The minimum atomic E-state index is -0.643. The molecule has 0 bridgehead atoms. The number of aryl methyl sites for hydroxylation is 4. The molecule has 0 spiro atoms. The van der Waals surface area contributed by atoms with E-state index in [9.17, 15) is 67.6 Å². The number of nitro groups is 1. The fourth-order valence-electron chi connectivity index (χ4n) is 16.8. The molecule has 5 amide bonds. The highest BCUT2D eigenvalue weighted by Crippen LogP contribution is 2.37. The van der Waals surface area contributed by atoms with E-state index in [-0.39, 0.29) is 89.3 Å². The molecule has 34 heteroatoms. The van der Waals surface area contributed by atoms with Gasteiger partial charge in [-0.15, -0.1) is 11.3 Å². The van der Waals surface area contributed by atoms with Gasteiger partial charge in [-0.1, -0.05) is 78.9 Å². The molecule has 7 fully saturated rings. The lowest BCUT2D eigenvalue weighted by molar-refractivity contribution is -0.385. The van der Waals surface area contributed by atoms with Crippen molar-refractivity contribution in [2.45, 2.75) is 77.5 Å². The van der Waals surface area contributed by atoms with Crippen molar-refractivity contribution in [1.82, 2.24) is 48.5 Å². The van der Waals surface area contributed by atoms with Gasteiger partial charge in [0, 0.05) is 167 Å². The fraction of sp³-hybridized carbons (Fsp3) is 0.435. The molecule has 0 aliphatic carbocycles. The van der Waals surface area contributed by atoms with Gasteiger partial charge in [-0.05, 0) is 95.1 Å². The molecule has 16 rings (SSSR count). The van der Waals surface area contributed by atoms with Gasteiger partial charge in [-0.3, -0.25) is 53.3 Å². The summed E-state index contributed by atoms with van der Waals surface area (Å²) in [7, 11) is 6.51. The van der Waals surface area contributed by atoms with Crippen molar-refractivity contribution in [2.75, 3.05) is 157 Å². The average Bonchev–Trinajstić information content (AvgIpc) is 1.64. The van der Waals surface area contributed by atoms with E-state index < -0.39 is 45.7 Å². The van der Waals surface area contributed by atoms with Crippen LogP contribution < -0.4 is 52.5 Å². The topological polar surface area (TPSA) is 355 Å². The lowest BCUT2D eigenvalue weighted by Gasteiger charge is -2.38. The molecule has 3 atom stereocenters. The van der Waals surface area contributed by atoms with Crippen LogP contribution >= 0.6 is 11.3 Å². The zero-order valence-electron chi connectivity index (χ0n) is 67.9. The number of amides is 5. The Morgan fingerprint density at radius 2 is 0.815 bits per heavy atom. The molecular weight excluding hydrogens is 1550 g/mol. The van der Waals surface area contributed by atoms with Gasteiger partial charge in [0.1, 0.15) is 34.5 Å². The van der Waals surface area contributed by atoms with Crippen LogP contribution in [-0.4, -0.2) is 246 Å². The molecule has 7 saturated heterocycles. The maximum atomic E-state index is 13.1. The van der Waals surface area contributed by atoms with Gasteiger partial charge in [0.2, 0.25) is 17.7 Å². The summed E-state index contributed by atoms with van der Waals surface area (Å²) in [6, 6.07) is 32.8. The Bertz CT molecular complexity index is 5460. The molecule has 119 heavy (non-hydrogen) atoms. The van der Waals surface area contributed by atoms with Crippen molar-refractivity contribution >= 4 is 131 Å². The molecule has 4 aromatic carbocycles. The Morgan fingerprint density at radius 3 is 1.16 bits per heavy atom. The van der Waals surface area contributed by atoms with Crippen LogP contribution in [0.25, 0.3) is 43.6 Å². The molecule has 9 aromatic rings. The Morgan fingerprint density at radius 1 is 0.445 bits per heavy atom. The van der Waals surface area contributed by atoms with Crippen molar-refractivity contribution in [3.63, 3.8) is 0 Å². The van der Waals surface area contributed by atoms with E-state index in [1.54, 1.807) is 89.1 Å². The standard InChI is InChI=1S/C22H26N4O5.C22H28N4O4.C22H27N3O5.C19H18N4O4S/c1-3-31-22(30)18-19(14-6-4-5-7-16(14)24(2)21(18)29)25-10-12-26(13-11-25)20(28)15-8-9-17(27)23-15;1-3-30-22(29)18-19(15-7-4-5-9-17(15)24(2)21(18)28)25-11-13-26(14-12-25)20(27)16-8-6-10-23-16;1-3-29-22(28)18-19(15-7-4-5-8-16(15)23(2)21(18)27)24-10-12-25(13-11-24)20(26)17-9-6-14-30-17;1-20-14-6-3-2-5-13(14)16(17(19(20)25)23(26)27)21-8-10-22(11-9-21)18(24)15-7-4-12-28-15/h4-7,15H,3,8-13H2,1-2H3,(H,23,27);4-5,7,9,16,23H,3,6,8,10-14H2,1-2H3;4-5,7-8,17H,3,6,9-14H2,1-2H3;2-7,12H,8-11H2,1H3. The summed E-state index contributed by atoms with van der Waals surface area (Å²) in [4.78, 5) is 179. The van der Waals surface area contributed by atoms with Gasteiger partial charge >= 0.3 is 29.2 Å². The number of piperazine rings is 4. The number of aromatic nitrogens is 4. The zero-order chi connectivity index (χ0) is 84.5. The predicted molar refractivity (Wildman–Crippen MR) is 451 cm³/mol. The Hall–Kier alpha value is -12.3. The summed E-state index contributed by atoms with van der Waals surface area (Å²) in [5, 5.41) is 22.7. The van der Waals surface area contributed by atoms with Gasteiger partial charge in [-0.2, -0.15) is 0 Å². The van der Waals surface area contributed by atoms with Crippen molar-refractivity contribution in [2.24, 2.45) is 28.2 Å². The summed E-state index contributed by atoms with van der Waals surface area (Å²) in [5.74, 6) is -1.89. The van der Waals surface area contributed by atoms with Crippen LogP contribution in [-0.2, 0) is 66.3 Å². The minimum absolute atomic E-state index is 0.0193. The Labute approximate surface area is 688 Å². The first-order valence-corrected chi connectivity index (χ1v) is 41.3. The summed E-state index contributed by atoms with van der Waals surface area (Å²) < 4.78 is 26.9. The monoisotopic (exact) mass is 1650 g/mol. The number of fused-ring (bicyclic) bond motifs is 4. The normalized spacial score (nSPS) is 18.1. The van der Waals surface area contributed by atoms with Crippen LogP contribution in [0, 0.1) is 10.1 Å². The number of benzene rings is 4. The summed E-state index contributed by atoms with van der Waals surface area (Å²) >= 11 is 1.40. The number of carbonyl (C=O) groups is 8. The van der Waals surface area contributed by atoms with E-state index in [1.165, 1.54) is 29.6 Å². The number of ether oxygens (including phenoxy) is 4. The highest BCUT2D eigenvalue weighted by Gasteiger charge is 2.39. The first kappa shape index (κ1) is 84.6. The number of anilines is 4. The second-order valence-corrected chi connectivity index (χ2v) is 30.8. The highest BCUT2D eigenvalue weighted by molar-refractivity contribution is 7.12. The van der Waals surface area contributed by atoms with E-state index in [2.05, 4.69) is 10.6 Å². The molecule has 7 aliphatic heterocycles. The predicted octanol–water partition coefficient (Wildman–Crippen LogP) is 5.77. The first-order valence-electron chi connectivity index (χ1n) is 40.4. The van der Waals surface area contributed by atoms with E-state index in [0.717, 1.165) is 64.9 Å². The van der Waals surface area contributed by atoms with Gasteiger partial charge < -0.3 is 87.0 Å². The number of esters is 3. The van der Waals surface area contributed by atoms with Crippen LogP contribution in [0.1, 0.15) is 100 Å². The van der Waals surface area contributed by atoms with Crippen molar-refractivity contribution in [1.29, 1.82) is 0 Å². The minimum Gasteiger partial charge on any atom is -0.462 e. The van der Waals surface area contributed by atoms with Crippen LogP contribution in [0.5, 0.6) is 0 Å². The van der Waals surface area contributed by atoms with Gasteiger partial charge in [0.05, 0.1) is 74.8 Å². The third-order valence-electron chi connectivity index (χ3n) is 22.9. The van der Waals surface area contributed by atoms with Crippen LogP contribution in [0.2, 0.25) is 0 Å². The maximum absolute atomic E-state index is 13.1. The second kappa shape index (κ2) is 37.5. The van der Waals surface area contributed by atoms with E-state index >= 15 is 0 Å². The largest absolute Gasteiger partial charge is 0.462 e. The van der Waals surface area contributed by atoms with Gasteiger partial charge in [0.25, 0.3) is 28.5 Å². The molecule has 3 unspecified atom stereocenters. The third-order valence-corrected chi connectivity index (χ3v) is 23.8. The number of carbonyl (C=O) groups excluding carboxylic acids is 8. The quantitative estimate of drug-likeness (QED) is 0.0532. The highest BCUT2D eigenvalue weighted by atomic mass is 32.1. The fourth-order valence-corrected chi connectivity index (χ4v) is 17.5. The number of thiophene rings is 1. The summed E-state index contributed by atoms with van der Waals surface area (Å²) in [5.41, 5.74) is 2.93. The van der Waals surface area contributed by atoms with E-state index in [0.29, 0.717) is 163 Å². The number of hydrogen-bond acceptors (Lipinski definition) is 24. The van der Waals surface area contributed by atoms with Crippen molar-refractivity contribution < 1.29 is 62.2 Å². The van der Waals surface area contributed by atoms with Crippen molar-refractivity contribution in [3.8, 4) is 0 Å². The number of pyridine rings is 4. The van der Waals surface area contributed by atoms with E-state index in [1.807, 2.05) is 114 Å². The number of para-hydroxylation sites is 4. The summed E-state index contributed by atoms with van der Waals surface area (Å²) in [6.07, 6.45) is 4.15. The first-order chi connectivity index (χ1) is 57.5. The lowest BCUT2D eigenvalue weighted by atomic mass is 10.1. The number of nitrogens with one attached hydrogen (secondary N) is 2. The summed E-state index contributed by atoms with van der Waals surface area (Å²) in [6.45, 7) is 15.1. The Kier molecular flexibility index (Phi) is 26.7. The molecular formula is C85H99N15O18S. The zero-order valence-corrected chi connectivity index (χ0v) is 68.7. The van der Waals surface area contributed by atoms with E-state index in [4.69, 9.17) is 18.9 Å². The van der Waals surface area contributed by atoms with Gasteiger partial charge in [-0.25, -0.2) is 14.4 Å². The molecule has 33 nitrogen and oxygen atoms in total. The lowest BCUT2D eigenvalue weighted by Crippen LogP contribution is -2.53. The molecule has 5 aromatic heterocycles. The number of hydrogen-bond donors (Lipinski definition) is 2. The molecule has 0 radical (unpaired) electrons. The van der Waals surface area contributed by atoms with Crippen LogP contribution in [0.4, 0.5) is 28.4 Å². The number of nitrogens with zero attached hydrogens (tertiary/aromatic N) is 13. The van der Waals surface area contributed by atoms with Crippen molar-refractivity contribution in [3.05, 3.63) is 188 Å². The average molecular weight is 1650 g/mol. The molecule has 2 N–H and O–H groups in total.